The number of aromatic nitrogens is 1. The Hall–Kier alpha value is -3.26. The van der Waals surface area contributed by atoms with Crippen LogP contribution in [0.4, 0.5) is 9.18 Å². The summed E-state index contributed by atoms with van der Waals surface area (Å²) in [4.78, 5) is 29.4. The molecule has 3 N–H and O–H groups in total. The number of ether oxygens (including phenoxy) is 1. The Labute approximate surface area is 216 Å². The number of aliphatic hydroxyl groups is 1. The summed E-state index contributed by atoms with van der Waals surface area (Å²) in [5, 5.41) is 16.0. The SMILES string of the molecule is CCOC(=O)N[C@@H]1CC[C@@H]2[C@@H](C1)C[C@H]1C(=O)N[C@H](CO)[C@H]1[C@H]2/C=C/c1ccc(-c2cccc(F)c2)cn1. The standard InChI is InChI=1S/C29H34FN3O4/c1-2-37-29(36)32-22-9-10-23-19(13-22)14-25-27(26(16-34)33-28(25)35)24(23)11-8-21-7-6-18(15-31-21)17-4-3-5-20(30)12-17/h3-8,11-12,15,19,22-27,34H,2,9-10,13-14,16H2,1H3,(H,32,36)(H,33,35)/b11-8+/t19-,22+,23+,24-,25+,26+,27-/m0/s1. The van der Waals surface area contributed by atoms with Gasteiger partial charge in [-0.2, -0.15) is 0 Å². The molecule has 2 aromatic rings. The summed E-state index contributed by atoms with van der Waals surface area (Å²) in [5.41, 5.74) is 2.40. The van der Waals surface area contributed by atoms with Crippen molar-refractivity contribution in [2.45, 2.75) is 44.7 Å². The molecule has 37 heavy (non-hydrogen) atoms. The molecular formula is C29H34FN3O4. The van der Waals surface area contributed by atoms with Crippen LogP contribution in [0.2, 0.25) is 0 Å². The Morgan fingerprint density at radius 3 is 2.84 bits per heavy atom. The predicted molar refractivity (Wildman–Crippen MR) is 138 cm³/mol. The van der Waals surface area contributed by atoms with Gasteiger partial charge in [0.25, 0.3) is 0 Å². The van der Waals surface area contributed by atoms with E-state index in [1.807, 2.05) is 24.3 Å². The topological polar surface area (TPSA) is 101 Å². The highest BCUT2D eigenvalue weighted by atomic mass is 19.1. The van der Waals surface area contributed by atoms with Gasteiger partial charge in [0.15, 0.2) is 0 Å². The van der Waals surface area contributed by atoms with E-state index in [-0.39, 0.29) is 54.3 Å². The third-order valence-corrected chi connectivity index (χ3v) is 8.36. The van der Waals surface area contributed by atoms with Gasteiger partial charge in [-0.05, 0) is 86.1 Å². The molecule has 2 saturated carbocycles. The molecule has 8 heteroatoms. The number of benzene rings is 1. The lowest BCUT2D eigenvalue weighted by Gasteiger charge is -2.48. The first-order valence-corrected chi connectivity index (χ1v) is 13.2. The summed E-state index contributed by atoms with van der Waals surface area (Å²) in [6.45, 7) is 2.04. The van der Waals surface area contributed by atoms with E-state index in [9.17, 15) is 19.1 Å². The van der Waals surface area contributed by atoms with Crippen molar-refractivity contribution in [3.05, 3.63) is 60.2 Å². The van der Waals surface area contributed by atoms with Crippen LogP contribution in [-0.2, 0) is 9.53 Å². The number of fused-ring (bicyclic) bond motifs is 2. The number of carbonyl (C=O) groups excluding carboxylic acids is 2. The van der Waals surface area contributed by atoms with Crippen LogP contribution in [0, 0.1) is 35.4 Å². The van der Waals surface area contributed by atoms with Crippen LogP contribution in [-0.4, -0.2) is 47.4 Å². The van der Waals surface area contributed by atoms with Gasteiger partial charge in [0, 0.05) is 23.7 Å². The second-order valence-electron chi connectivity index (χ2n) is 10.4. The molecule has 1 aromatic heterocycles. The fraction of sp³-hybridized carbons (Fsp3) is 0.483. The molecule has 0 bridgehead atoms. The van der Waals surface area contributed by atoms with Crippen molar-refractivity contribution in [3.8, 4) is 11.1 Å². The number of aliphatic hydroxyl groups excluding tert-OH is 1. The molecular weight excluding hydrogens is 473 g/mol. The lowest BCUT2D eigenvalue weighted by Crippen LogP contribution is -2.49. The maximum absolute atomic E-state index is 13.6. The Morgan fingerprint density at radius 2 is 2.11 bits per heavy atom. The molecule has 0 radical (unpaired) electrons. The molecule has 3 fully saturated rings. The number of nitrogens with zero attached hydrogens (tertiary/aromatic N) is 1. The number of pyridine rings is 1. The van der Waals surface area contributed by atoms with E-state index in [0.717, 1.165) is 42.5 Å². The highest BCUT2D eigenvalue weighted by molar-refractivity contribution is 5.82. The van der Waals surface area contributed by atoms with Gasteiger partial charge < -0.3 is 20.5 Å². The van der Waals surface area contributed by atoms with E-state index < -0.39 is 0 Å². The van der Waals surface area contributed by atoms with Gasteiger partial charge in [-0.15, -0.1) is 0 Å². The quantitative estimate of drug-likeness (QED) is 0.545. The van der Waals surface area contributed by atoms with E-state index in [1.165, 1.54) is 12.1 Å². The van der Waals surface area contributed by atoms with E-state index in [2.05, 4.69) is 21.7 Å². The Balaban J connectivity index is 1.36. The Morgan fingerprint density at radius 1 is 1.24 bits per heavy atom. The van der Waals surface area contributed by atoms with Crippen LogP contribution < -0.4 is 10.6 Å². The van der Waals surface area contributed by atoms with Crippen molar-refractivity contribution in [2.24, 2.45) is 29.6 Å². The van der Waals surface area contributed by atoms with Gasteiger partial charge in [-0.3, -0.25) is 9.78 Å². The molecule has 0 unspecified atom stereocenters. The first-order valence-electron chi connectivity index (χ1n) is 13.2. The summed E-state index contributed by atoms with van der Waals surface area (Å²) >= 11 is 0. The van der Waals surface area contributed by atoms with Gasteiger partial charge in [0.05, 0.1) is 24.9 Å². The number of alkyl carbamates (subject to hydrolysis) is 1. The molecule has 3 aliphatic rings. The second kappa shape index (κ2) is 11.0. The largest absolute Gasteiger partial charge is 0.450 e. The molecule has 1 aromatic carbocycles. The van der Waals surface area contributed by atoms with Crippen LogP contribution >= 0.6 is 0 Å². The summed E-state index contributed by atoms with van der Waals surface area (Å²) < 4.78 is 18.7. The lowest BCUT2D eigenvalue weighted by molar-refractivity contribution is -0.125. The fourth-order valence-corrected chi connectivity index (χ4v) is 6.78. The van der Waals surface area contributed by atoms with Gasteiger partial charge in [0.2, 0.25) is 5.91 Å². The molecule has 7 atom stereocenters. The third-order valence-electron chi connectivity index (χ3n) is 8.36. The molecule has 2 aliphatic carbocycles. The monoisotopic (exact) mass is 507 g/mol. The minimum absolute atomic E-state index is 0.0129. The zero-order chi connectivity index (χ0) is 25.9. The maximum atomic E-state index is 13.6. The van der Waals surface area contributed by atoms with E-state index in [4.69, 9.17) is 4.74 Å². The fourth-order valence-electron chi connectivity index (χ4n) is 6.78. The van der Waals surface area contributed by atoms with Gasteiger partial charge in [-0.25, -0.2) is 9.18 Å². The van der Waals surface area contributed by atoms with Gasteiger partial charge >= 0.3 is 6.09 Å². The average Bonchev–Trinajstić information content (AvgIpc) is 3.22. The molecule has 2 amide bonds. The number of rotatable bonds is 6. The van der Waals surface area contributed by atoms with Crippen molar-refractivity contribution in [2.75, 3.05) is 13.2 Å². The number of hydrogen-bond donors (Lipinski definition) is 3. The Bertz CT molecular complexity index is 1150. The lowest BCUT2D eigenvalue weighted by atomic mass is 9.56. The van der Waals surface area contributed by atoms with Gasteiger partial charge in [-0.1, -0.05) is 24.3 Å². The van der Waals surface area contributed by atoms with Crippen LogP contribution in [0.15, 0.2) is 48.7 Å². The van der Waals surface area contributed by atoms with Crippen LogP contribution in [0.1, 0.15) is 38.3 Å². The first kappa shape index (κ1) is 25.4. The number of hydrogen-bond acceptors (Lipinski definition) is 5. The van der Waals surface area contributed by atoms with Crippen LogP contribution in [0.5, 0.6) is 0 Å². The zero-order valence-corrected chi connectivity index (χ0v) is 21.0. The van der Waals surface area contributed by atoms with E-state index in [0.29, 0.717) is 18.4 Å². The normalized spacial score (nSPS) is 30.9. The summed E-state index contributed by atoms with van der Waals surface area (Å²) in [6.07, 6.45) is 8.89. The molecule has 1 saturated heterocycles. The number of halogens is 1. The van der Waals surface area contributed by atoms with Crippen molar-refractivity contribution in [3.63, 3.8) is 0 Å². The summed E-state index contributed by atoms with van der Waals surface area (Å²) in [7, 11) is 0. The van der Waals surface area contributed by atoms with Crippen molar-refractivity contribution in [1.82, 2.24) is 15.6 Å². The van der Waals surface area contributed by atoms with Crippen LogP contribution in [0.3, 0.4) is 0 Å². The van der Waals surface area contributed by atoms with E-state index in [1.54, 1.807) is 19.2 Å². The molecule has 2 heterocycles. The number of amides is 2. The Kier molecular flexibility index (Phi) is 7.55. The molecule has 196 valence electrons. The third kappa shape index (κ3) is 5.39. The van der Waals surface area contributed by atoms with Crippen molar-refractivity contribution >= 4 is 18.1 Å². The minimum Gasteiger partial charge on any atom is -0.450 e. The smallest absolute Gasteiger partial charge is 0.407 e. The van der Waals surface area contributed by atoms with Crippen molar-refractivity contribution < 1.29 is 23.8 Å². The highest BCUT2D eigenvalue weighted by Crippen LogP contribution is 2.52. The number of nitrogens with one attached hydrogen (secondary N) is 2. The minimum atomic E-state index is -0.386. The van der Waals surface area contributed by atoms with Gasteiger partial charge in [0.1, 0.15) is 5.82 Å². The first-order chi connectivity index (χ1) is 18.0. The zero-order valence-electron chi connectivity index (χ0n) is 21.0. The second-order valence-corrected chi connectivity index (χ2v) is 10.4. The van der Waals surface area contributed by atoms with Crippen molar-refractivity contribution in [1.29, 1.82) is 0 Å². The molecule has 1 aliphatic heterocycles. The molecule has 5 rings (SSSR count). The molecule has 7 nitrogen and oxygen atoms in total. The highest BCUT2D eigenvalue weighted by Gasteiger charge is 2.54. The summed E-state index contributed by atoms with van der Waals surface area (Å²) in [5.74, 6) is 0.350. The van der Waals surface area contributed by atoms with Crippen LogP contribution in [0.25, 0.3) is 17.2 Å². The molecule has 0 spiro atoms. The predicted octanol–water partition coefficient (Wildman–Crippen LogP) is 4.17. The average molecular weight is 508 g/mol. The van der Waals surface area contributed by atoms with E-state index >= 15 is 0 Å². The maximum Gasteiger partial charge on any atom is 0.407 e. The summed E-state index contributed by atoms with van der Waals surface area (Å²) in [6, 6.07) is 10.1. The number of carbonyl (C=O) groups is 2. The number of allylic oxidation sites excluding steroid dienone is 1.